The Bertz CT molecular complexity index is 129. The molecule has 0 aliphatic carbocycles. The SMILES string of the molecule is C/C=N\N=C(\C)C(F)F. The van der Waals surface area contributed by atoms with Gasteiger partial charge >= 0.3 is 0 Å². The van der Waals surface area contributed by atoms with Gasteiger partial charge in [0.15, 0.2) is 0 Å². The van der Waals surface area contributed by atoms with Crippen molar-refractivity contribution in [1.29, 1.82) is 0 Å². The third-order valence-electron chi connectivity index (χ3n) is 0.647. The summed E-state index contributed by atoms with van der Waals surface area (Å²) in [5.74, 6) is 0. The van der Waals surface area contributed by atoms with Gasteiger partial charge in [0.05, 0.1) is 0 Å². The zero-order valence-corrected chi connectivity index (χ0v) is 5.31. The molecule has 0 atom stereocenters. The van der Waals surface area contributed by atoms with Gasteiger partial charge in [-0.15, -0.1) is 0 Å². The molecule has 0 rings (SSSR count). The van der Waals surface area contributed by atoms with Gasteiger partial charge in [0.1, 0.15) is 5.71 Å². The number of alkyl halides is 2. The molecule has 52 valence electrons. The van der Waals surface area contributed by atoms with Crippen molar-refractivity contribution >= 4 is 11.9 Å². The molecule has 0 aliphatic rings. The molecule has 4 heteroatoms. The lowest BCUT2D eigenvalue weighted by atomic mass is 10.5. The molecule has 2 nitrogen and oxygen atoms in total. The maximum absolute atomic E-state index is 11.5. The van der Waals surface area contributed by atoms with Crippen LogP contribution in [0.15, 0.2) is 10.2 Å². The van der Waals surface area contributed by atoms with Gasteiger partial charge in [0.25, 0.3) is 6.43 Å². The smallest absolute Gasteiger partial charge is 0.204 e. The van der Waals surface area contributed by atoms with Crippen molar-refractivity contribution in [3.63, 3.8) is 0 Å². The lowest BCUT2D eigenvalue weighted by molar-refractivity contribution is 0.224. The quantitative estimate of drug-likeness (QED) is 0.405. The molecule has 9 heavy (non-hydrogen) atoms. The molecule has 0 aromatic heterocycles. The summed E-state index contributed by atoms with van der Waals surface area (Å²) in [5.41, 5.74) is -0.256. The summed E-state index contributed by atoms with van der Waals surface area (Å²) in [4.78, 5) is 0. The maximum Gasteiger partial charge on any atom is 0.278 e. The summed E-state index contributed by atoms with van der Waals surface area (Å²) in [5, 5.41) is 6.45. The van der Waals surface area contributed by atoms with Gasteiger partial charge < -0.3 is 0 Å². The van der Waals surface area contributed by atoms with Crippen LogP contribution in [0.25, 0.3) is 0 Å². The van der Waals surface area contributed by atoms with E-state index >= 15 is 0 Å². The highest BCUT2D eigenvalue weighted by Gasteiger charge is 2.04. The molecule has 0 N–H and O–H groups in total. The van der Waals surface area contributed by atoms with E-state index in [9.17, 15) is 8.78 Å². The summed E-state index contributed by atoms with van der Waals surface area (Å²) in [6, 6.07) is 0. The first-order valence-corrected chi connectivity index (χ1v) is 2.48. The topological polar surface area (TPSA) is 24.7 Å². The molecule has 0 aromatic carbocycles. The molecule has 0 amide bonds. The van der Waals surface area contributed by atoms with Crippen LogP contribution in [-0.4, -0.2) is 18.4 Å². The Morgan fingerprint density at radius 3 is 2.44 bits per heavy atom. The third-order valence-corrected chi connectivity index (χ3v) is 0.647. The Morgan fingerprint density at radius 2 is 2.11 bits per heavy atom. The Balaban J connectivity index is 3.84. The van der Waals surface area contributed by atoms with E-state index in [1.165, 1.54) is 13.1 Å². The van der Waals surface area contributed by atoms with Crippen molar-refractivity contribution in [3.05, 3.63) is 0 Å². The fourth-order valence-corrected chi connectivity index (χ4v) is 0.192. The van der Waals surface area contributed by atoms with Gasteiger partial charge in [-0.3, -0.25) is 0 Å². The van der Waals surface area contributed by atoms with Crippen LogP contribution in [0, 0.1) is 0 Å². The van der Waals surface area contributed by atoms with Gasteiger partial charge in [-0.1, -0.05) is 0 Å². The number of hydrogen-bond donors (Lipinski definition) is 0. The summed E-state index contributed by atoms with van der Waals surface area (Å²) >= 11 is 0. The Hall–Kier alpha value is -0.800. The average Bonchev–Trinajstić information content (AvgIpc) is 1.82. The Labute approximate surface area is 52.3 Å². The van der Waals surface area contributed by atoms with Crippen LogP contribution < -0.4 is 0 Å². The fraction of sp³-hybridized carbons (Fsp3) is 0.600. The first-order valence-electron chi connectivity index (χ1n) is 2.48. The molecule has 0 saturated carbocycles. The molecule has 0 heterocycles. The summed E-state index contributed by atoms with van der Waals surface area (Å²) in [6.07, 6.45) is -1.14. The summed E-state index contributed by atoms with van der Waals surface area (Å²) in [6.45, 7) is 2.85. The van der Waals surface area contributed by atoms with E-state index in [4.69, 9.17) is 0 Å². The van der Waals surface area contributed by atoms with E-state index in [0.29, 0.717) is 0 Å². The highest BCUT2D eigenvalue weighted by atomic mass is 19.3. The van der Waals surface area contributed by atoms with E-state index in [-0.39, 0.29) is 5.71 Å². The van der Waals surface area contributed by atoms with E-state index in [1.807, 2.05) is 0 Å². The largest absolute Gasteiger partial charge is 0.278 e. The molecule has 0 saturated heterocycles. The zero-order valence-electron chi connectivity index (χ0n) is 5.31. The van der Waals surface area contributed by atoms with Gasteiger partial charge in [-0.05, 0) is 13.8 Å². The predicted octanol–water partition coefficient (Wildman–Crippen LogP) is 1.72. The number of halogens is 2. The second kappa shape index (κ2) is 4.12. The monoisotopic (exact) mass is 134 g/mol. The van der Waals surface area contributed by atoms with Crippen molar-refractivity contribution in [2.24, 2.45) is 10.2 Å². The molecular formula is C5H8F2N2. The van der Waals surface area contributed by atoms with Gasteiger partial charge in [0.2, 0.25) is 0 Å². The minimum absolute atomic E-state index is 0.256. The highest BCUT2D eigenvalue weighted by Crippen LogP contribution is 1.95. The molecule has 0 bridgehead atoms. The first kappa shape index (κ1) is 8.20. The Morgan fingerprint density at radius 1 is 1.56 bits per heavy atom. The average molecular weight is 134 g/mol. The summed E-state index contributed by atoms with van der Waals surface area (Å²) < 4.78 is 23.1. The van der Waals surface area contributed by atoms with Crippen LogP contribution in [0.5, 0.6) is 0 Å². The van der Waals surface area contributed by atoms with E-state index in [0.717, 1.165) is 0 Å². The lowest BCUT2D eigenvalue weighted by Crippen LogP contribution is -2.03. The second-order valence-electron chi connectivity index (χ2n) is 1.42. The van der Waals surface area contributed by atoms with Crippen molar-refractivity contribution in [3.8, 4) is 0 Å². The first-order chi connectivity index (χ1) is 4.18. The molecule has 0 unspecified atom stereocenters. The van der Waals surface area contributed by atoms with Gasteiger partial charge in [-0.25, -0.2) is 8.78 Å². The van der Waals surface area contributed by atoms with Gasteiger partial charge in [0, 0.05) is 6.21 Å². The summed E-state index contributed by atoms with van der Waals surface area (Å²) in [7, 11) is 0. The van der Waals surface area contributed by atoms with Crippen molar-refractivity contribution in [2.45, 2.75) is 20.3 Å². The normalized spacial score (nSPS) is 13.7. The standard InChI is InChI=1S/C5H8F2N2/c1-3-8-9-4(2)5(6)7/h3,5H,1-2H3/b8-3-,9-4-. The zero-order chi connectivity index (χ0) is 7.28. The second-order valence-corrected chi connectivity index (χ2v) is 1.42. The number of nitrogens with zero attached hydrogens (tertiary/aromatic N) is 2. The van der Waals surface area contributed by atoms with Crippen molar-refractivity contribution in [2.75, 3.05) is 0 Å². The minimum Gasteiger partial charge on any atom is -0.204 e. The van der Waals surface area contributed by atoms with Crippen LogP contribution >= 0.6 is 0 Å². The van der Waals surface area contributed by atoms with Crippen molar-refractivity contribution < 1.29 is 8.78 Å². The van der Waals surface area contributed by atoms with Crippen LogP contribution in [0.4, 0.5) is 8.78 Å². The molecule has 0 spiro atoms. The predicted molar refractivity (Wildman–Crippen MR) is 33.3 cm³/mol. The number of hydrogen-bond acceptors (Lipinski definition) is 2. The minimum atomic E-state index is -2.49. The van der Waals surface area contributed by atoms with E-state index < -0.39 is 6.43 Å². The fourth-order valence-electron chi connectivity index (χ4n) is 0.192. The van der Waals surface area contributed by atoms with E-state index in [2.05, 4.69) is 10.2 Å². The van der Waals surface area contributed by atoms with Crippen LogP contribution in [0.3, 0.4) is 0 Å². The Kier molecular flexibility index (Phi) is 3.75. The maximum atomic E-state index is 11.5. The van der Waals surface area contributed by atoms with Crippen molar-refractivity contribution in [1.82, 2.24) is 0 Å². The highest BCUT2D eigenvalue weighted by molar-refractivity contribution is 5.85. The lowest BCUT2D eigenvalue weighted by Gasteiger charge is -1.90. The third kappa shape index (κ3) is 3.76. The molecule has 0 aromatic rings. The molecular weight excluding hydrogens is 126 g/mol. The molecule has 0 fully saturated rings. The van der Waals surface area contributed by atoms with Crippen LogP contribution in [0.1, 0.15) is 13.8 Å². The van der Waals surface area contributed by atoms with Crippen LogP contribution in [0.2, 0.25) is 0 Å². The van der Waals surface area contributed by atoms with Crippen LogP contribution in [-0.2, 0) is 0 Å². The van der Waals surface area contributed by atoms with E-state index in [1.54, 1.807) is 6.92 Å². The van der Waals surface area contributed by atoms with Gasteiger partial charge in [-0.2, -0.15) is 10.2 Å². The molecule has 0 aliphatic heterocycles. The molecule has 0 radical (unpaired) electrons. The number of rotatable bonds is 2.